The van der Waals surface area contributed by atoms with E-state index in [9.17, 15) is 13.2 Å². The van der Waals surface area contributed by atoms with Crippen molar-refractivity contribution in [2.24, 2.45) is 0 Å². The SMILES string of the molecule is CC(C)(C)OC(=O)N1C(C)(C)CNS1(=O)=O. The van der Waals surface area contributed by atoms with E-state index in [1.807, 2.05) is 0 Å². The van der Waals surface area contributed by atoms with E-state index < -0.39 is 27.4 Å². The summed E-state index contributed by atoms with van der Waals surface area (Å²) >= 11 is 0. The Balaban J connectivity index is 2.98. The van der Waals surface area contributed by atoms with Crippen LogP contribution in [0.25, 0.3) is 0 Å². The molecule has 0 spiro atoms. The maximum Gasteiger partial charge on any atom is 0.425 e. The third kappa shape index (κ3) is 2.65. The van der Waals surface area contributed by atoms with Crippen molar-refractivity contribution in [1.29, 1.82) is 0 Å². The minimum absolute atomic E-state index is 0.189. The summed E-state index contributed by atoms with van der Waals surface area (Å²) in [4.78, 5) is 11.8. The highest BCUT2D eigenvalue weighted by atomic mass is 32.2. The second-order valence-electron chi connectivity index (χ2n) is 5.38. The molecule has 1 aliphatic heterocycles. The lowest BCUT2D eigenvalue weighted by molar-refractivity contribution is 0.0297. The molecule has 0 unspecified atom stereocenters. The second-order valence-corrected chi connectivity index (χ2v) is 6.99. The molecule has 16 heavy (non-hydrogen) atoms. The number of ether oxygens (including phenoxy) is 1. The first kappa shape index (κ1) is 13.2. The maximum absolute atomic E-state index is 11.8. The molecule has 1 aliphatic rings. The van der Waals surface area contributed by atoms with Gasteiger partial charge in [-0.2, -0.15) is 17.4 Å². The van der Waals surface area contributed by atoms with Gasteiger partial charge in [-0.05, 0) is 34.6 Å². The molecular weight excluding hydrogens is 232 g/mol. The Hall–Kier alpha value is -0.820. The normalized spacial score (nSPS) is 23.2. The lowest BCUT2D eigenvalue weighted by atomic mass is 10.1. The largest absolute Gasteiger partial charge is 0.443 e. The molecule has 1 heterocycles. The molecule has 0 radical (unpaired) electrons. The summed E-state index contributed by atoms with van der Waals surface area (Å²) in [7, 11) is -3.76. The minimum Gasteiger partial charge on any atom is -0.443 e. The molecule has 0 aromatic carbocycles. The number of carbonyl (C=O) groups is 1. The first-order valence-corrected chi connectivity index (χ1v) is 6.43. The van der Waals surface area contributed by atoms with Gasteiger partial charge in [0, 0.05) is 6.54 Å². The van der Waals surface area contributed by atoms with Gasteiger partial charge in [0.25, 0.3) is 0 Å². The number of carbonyl (C=O) groups excluding carboxylic acids is 1. The van der Waals surface area contributed by atoms with Crippen LogP contribution in [0, 0.1) is 0 Å². The van der Waals surface area contributed by atoms with Crippen LogP contribution in [0.3, 0.4) is 0 Å². The Morgan fingerprint density at radius 3 is 2.19 bits per heavy atom. The topological polar surface area (TPSA) is 75.7 Å². The van der Waals surface area contributed by atoms with Gasteiger partial charge in [-0.3, -0.25) is 0 Å². The molecule has 1 amide bonds. The van der Waals surface area contributed by atoms with Gasteiger partial charge in [0.05, 0.1) is 5.54 Å². The molecule has 94 valence electrons. The van der Waals surface area contributed by atoms with Crippen LogP contribution in [0.2, 0.25) is 0 Å². The molecule has 6 nitrogen and oxygen atoms in total. The standard InChI is InChI=1S/C9H18N2O4S/c1-8(2,3)15-7(12)11-9(4,5)6-10-16(11,13)14/h10H,6H2,1-5H3. The third-order valence-electron chi connectivity index (χ3n) is 2.04. The van der Waals surface area contributed by atoms with Gasteiger partial charge in [-0.15, -0.1) is 0 Å². The van der Waals surface area contributed by atoms with E-state index in [2.05, 4.69) is 4.72 Å². The monoisotopic (exact) mass is 250 g/mol. The first-order valence-electron chi connectivity index (χ1n) is 4.99. The maximum atomic E-state index is 11.8. The van der Waals surface area contributed by atoms with Gasteiger partial charge < -0.3 is 4.74 Å². The molecule has 1 N–H and O–H groups in total. The molecule has 7 heteroatoms. The molecule has 1 saturated heterocycles. The van der Waals surface area contributed by atoms with Gasteiger partial charge >= 0.3 is 16.3 Å². The molecule has 1 fully saturated rings. The number of rotatable bonds is 0. The summed E-state index contributed by atoms with van der Waals surface area (Å²) in [5, 5.41) is 0. The molecular formula is C9H18N2O4S. The summed E-state index contributed by atoms with van der Waals surface area (Å²) < 4.78 is 31.4. The van der Waals surface area contributed by atoms with Crippen molar-refractivity contribution >= 4 is 16.3 Å². The van der Waals surface area contributed by atoms with E-state index >= 15 is 0 Å². The molecule has 0 aliphatic carbocycles. The summed E-state index contributed by atoms with van der Waals surface area (Å²) in [6.07, 6.45) is -0.845. The Morgan fingerprint density at radius 2 is 1.88 bits per heavy atom. The van der Waals surface area contributed by atoms with Gasteiger partial charge in [0.15, 0.2) is 0 Å². The minimum atomic E-state index is -3.76. The van der Waals surface area contributed by atoms with E-state index in [1.165, 1.54) is 0 Å². The number of nitrogens with one attached hydrogen (secondary N) is 1. The van der Waals surface area contributed by atoms with Crippen molar-refractivity contribution in [2.45, 2.75) is 45.8 Å². The fourth-order valence-corrected chi connectivity index (χ4v) is 2.99. The lowest BCUT2D eigenvalue weighted by Gasteiger charge is -2.30. The summed E-state index contributed by atoms with van der Waals surface area (Å²) in [6, 6.07) is 0. The van der Waals surface area contributed by atoms with Crippen LogP contribution in [0.15, 0.2) is 0 Å². The first-order chi connectivity index (χ1) is 6.96. The van der Waals surface area contributed by atoms with E-state index in [-0.39, 0.29) is 6.54 Å². The Morgan fingerprint density at radius 1 is 1.38 bits per heavy atom. The van der Waals surface area contributed by atoms with E-state index in [0.29, 0.717) is 0 Å². The van der Waals surface area contributed by atoms with Crippen LogP contribution in [0.5, 0.6) is 0 Å². The molecule has 0 aromatic rings. The molecule has 0 atom stereocenters. The average molecular weight is 250 g/mol. The zero-order valence-electron chi connectivity index (χ0n) is 10.2. The second kappa shape index (κ2) is 3.59. The molecule has 0 saturated carbocycles. The predicted molar refractivity (Wildman–Crippen MR) is 59.1 cm³/mol. The van der Waals surface area contributed by atoms with Crippen molar-refractivity contribution in [3.63, 3.8) is 0 Å². The van der Waals surface area contributed by atoms with Crippen molar-refractivity contribution in [3.8, 4) is 0 Å². The third-order valence-corrected chi connectivity index (χ3v) is 3.67. The zero-order valence-corrected chi connectivity index (χ0v) is 11.0. The van der Waals surface area contributed by atoms with Crippen LogP contribution in [-0.2, 0) is 14.9 Å². The zero-order chi connectivity index (χ0) is 12.8. The van der Waals surface area contributed by atoms with Crippen LogP contribution in [-0.4, -0.2) is 36.5 Å². The Labute approximate surface area is 96.1 Å². The summed E-state index contributed by atoms with van der Waals surface area (Å²) in [6.45, 7) is 8.58. The quantitative estimate of drug-likeness (QED) is 0.691. The summed E-state index contributed by atoms with van der Waals surface area (Å²) in [5.74, 6) is 0. The van der Waals surface area contributed by atoms with Crippen molar-refractivity contribution < 1.29 is 17.9 Å². The van der Waals surface area contributed by atoms with Gasteiger partial charge in [-0.25, -0.2) is 4.79 Å². The lowest BCUT2D eigenvalue weighted by Crippen LogP contribution is -2.48. The van der Waals surface area contributed by atoms with Crippen LogP contribution in [0.1, 0.15) is 34.6 Å². The highest BCUT2D eigenvalue weighted by molar-refractivity contribution is 7.88. The fraction of sp³-hybridized carbons (Fsp3) is 0.889. The van der Waals surface area contributed by atoms with Crippen molar-refractivity contribution in [1.82, 2.24) is 9.03 Å². The van der Waals surface area contributed by atoms with Gasteiger partial charge in [-0.1, -0.05) is 0 Å². The number of hydrogen-bond acceptors (Lipinski definition) is 4. The average Bonchev–Trinajstić information content (AvgIpc) is 2.16. The van der Waals surface area contributed by atoms with Crippen molar-refractivity contribution in [3.05, 3.63) is 0 Å². The Bertz CT molecular complexity index is 394. The van der Waals surface area contributed by atoms with Crippen molar-refractivity contribution in [2.75, 3.05) is 6.54 Å². The van der Waals surface area contributed by atoms with E-state index in [4.69, 9.17) is 4.74 Å². The molecule has 0 bridgehead atoms. The van der Waals surface area contributed by atoms with Gasteiger partial charge in [0.2, 0.25) is 0 Å². The summed E-state index contributed by atoms with van der Waals surface area (Å²) in [5.41, 5.74) is -1.52. The highest BCUT2D eigenvalue weighted by Gasteiger charge is 2.48. The molecule has 1 rings (SSSR count). The van der Waals surface area contributed by atoms with E-state index in [0.717, 1.165) is 4.31 Å². The van der Waals surface area contributed by atoms with Crippen LogP contribution in [0.4, 0.5) is 4.79 Å². The Kier molecular flexibility index (Phi) is 2.98. The molecule has 0 aromatic heterocycles. The predicted octanol–water partition coefficient (Wildman–Crippen LogP) is 0.850. The van der Waals surface area contributed by atoms with Gasteiger partial charge in [0.1, 0.15) is 5.60 Å². The number of amides is 1. The fourth-order valence-electron chi connectivity index (χ4n) is 1.38. The van der Waals surface area contributed by atoms with Crippen LogP contribution < -0.4 is 4.72 Å². The smallest absolute Gasteiger partial charge is 0.425 e. The van der Waals surface area contributed by atoms with E-state index in [1.54, 1.807) is 34.6 Å². The highest BCUT2D eigenvalue weighted by Crippen LogP contribution is 2.26. The van der Waals surface area contributed by atoms with Crippen LogP contribution >= 0.6 is 0 Å². The number of hydrogen-bond donors (Lipinski definition) is 1. The number of nitrogens with zero attached hydrogens (tertiary/aromatic N) is 1.